The minimum atomic E-state index is -0.110. The Morgan fingerprint density at radius 3 is 2.85 bits per heavy atom. The Bertz CT molecular complexity index is 594. The molecule has 1 aliphatic carbocycles. The van der Waals surface area contributed by atoms with Gasteiger partial charge in [-0.05, 0) is 49.4 Å². The van der Waals surface area contributed by atoms with Gasteiger partial charge in [0.15, 0.2) is 0 Å². The van der Waals surface area contributed by atoms with Crippen molar-refractivity contribution in [3.8, 4) is 0 Å². The van der Waals surface area contributed by atoms with Crippen molar-refractivity contribution >= 4 is 22.5 Å². The van der Waals surface area contributed by atoms with Crippen LogP contribution in [-0.2, 0) is 6.54 Å². The van der Waals surface area contributed by atoms with Gasteiger partial charge in [-0.3, -0.25) is 4.98 Å². The van der Waals surface area contributed by atoms with Gasteiger partial charge < -0.3 is 10.4 Å². The Morgan fingerprint density at radius 1 is 1.25 bits per heavy atom. The molecule has 0 saturated heterocycles. The number of aromatic nitrogens is 1. The summed E-state index contributed by atoms with van der Waals surface area (Å²) in [7, 11) is 0. The van der Waals surface area contributed by atoms with Crippen molar-refractivity contribution in [1.82, 2.24) is 10.3 Å². The van der Waals surface area contributed by atoms with Crippen LogP contribution in [0, 0.1) is 0 Å². The highest BCUT2D eigenvalue weighted by atomic mass is 35.5. The Morgan fingerprint density at radius 2 is 2.05 bits per heavy atom. The summed E-state index contributed by atoms with van der Waals surface area (Å²) in [5, 5.41) is 14.9. The monoisotopic (exact) mass is 290 g/mol. The first kappa shape index (κ1) is 13.8. The SMILES string of the molecule is OC1CCC(NCc2cc(Cl)cc3cccnc23)CC1. The summed E-state index contributed by atoms with van der Waals surface area (Å²) in [6.45, 7) is 0.773. The fourth-order valence-electron chi connectivity index (χ4n) is 2.90. The predicted octanol–water partition coefficient (Wildman–Crippen LogP) is 3.28. The topological polar surface area (TPSA) is 45.1 Å². The summed E-state index contributed by atoms with van der Waals surface area (Å²) < 4.78 is 0. The number of halogens is 1. The second-order valence-corrected chi connectivity index (χ2v) is 5.96. The molecule has 106 valence electrons. The molecule has 0 spiro atoms. The van der Waals surface area contributed by atoms with E-state index in [0.29, 0.717) is 6.04 Å². The van der Waals surface area contributed by atoms with E-state index in [1.807, 2.05) is 30.5 Å². The van der Waals surface area contributed by atoms with Crippen LogP contribution in [0.1, 0.15) is 31.2 Å². The lowest BCUT2D eigenvalue weighted by molar-refractivity contribution is 0.116. The number of hydrogen-bond donors (Lipinski definition) is 2. The molecule has 3 rings (SSSR count). The normalized spacial score (nSPS) is 23.1. The summed E-state index contributed by atoms with van der Waals surface area (Å²) in [6, 6.07) is 8.38. The molecule has 0 radical (unpaired) electrons. The van der Waals surface area contributed by atoms with Crippen LogP contribution in [0.15, 0.2) is 30.5 Å². The third-order valence-corrected chi connectivity index (χ3v) is 4.24. The van der Waals surface area contributed by atoms with Crippen LogP contribution < -0.4 is 5.32 Å². The van der Waals surface area contributed by atoms with E-state index in [4.69, 9.17) is 11.6 Å². The van der Waals surface area contributed by atoms with E-state index in [9.17, 15) is 5.11 Å². The zero-order valence-corrected chi connectivity index (χ0v) is 12.1. The largest absolute Gasteiger partial charge is 0.393 e. The van der Waals surface area contributed by atoms with Crippen LogP contribution >= 0.6 is 11.6 Å². The number of nitrogens with zero attached hydrogens (tertiary/aromatic N) is 1. The molecule has 1 aromatic carbocycles. The van der Waals surface area contributed by atoms with Gasteiger partial charge in [-0.2, -0.15) is 0 Å². The molecule has 1 aliphatic rings. The summed E-state index contributed by atoms with van der Waals surface area (Å²) >= 11 is 6.18. The first-order valence-corrected chi connectivity index (χ1v) is 7.55. The van der Waals surface area contributed by atoms with Gasteiger partial charge in [0.05, 0.1) is 11.6 Å². The van der Waals surface area contributed by atoms with Crippen molar-refractivity contribution in [1.29, 1.82) is 0 Å². The van der Waals surface area contributed by atoms with Crippen molar-refractivity contribution in [3.63, 3.8) is 0 Å². The van der Waals surface area contributed by atoms with Gasteiger partial charge in [0, 0.05) is 29.2 Å². The number of aliphatic hydroxyl groups excluding tert-OH is 1. The summed E-state index contributed by atoms with van der Waals surface area (Å²) in [5.41, 5.74) is 2.15. The second kappa shape index (κ2) is 6.08. The lowest BCUT2D eigenvalue weighted by Gasteiger charge is -2.26. The molecule has 3 nitrogen and oxygen atoms in total. The molecule has 1 fully saturated rings. The van der Waals surface area contributed by atoms with E-state index in [2.05, 4.69) is 10.3 Å². The van der Waals surface area contributed by atoms with Crippen LogP contribution in [0.3, 0.4) is 0 Å². The van der Waals surface area contributed by atoms with E-state index < -0.39 is 0 Å². The molecule has 4 heteroatoms. The first-order valence-electron chi connectivity index (χ1n) is 7.17. The third kappa shape index (κ3) is 3.11. The molecule has 20 heavy (non-hydrogen) atoms. The number of aliphatic hydroxyl groups is 1. The standard InChI is InChI=1S/C16H19ClN2O/c17-13-8-11-2-1-7-18-16(11)12(9-13)10-19-14-3-5-15(20)6-4-14/h1-2,7-9,14-15,19-20H,3-6,10H2. The highest BCUT2D eigenvalue weighted by Crippen LogP contribution is 2.23. The number of rotatable bonds is 3. The zero-order valence-electron chi connectivity index (χ0n) is 11.3. The number of pyridine rings is 1. The minimum Gasteiger partial charge on any atom is -0.393 e. The second-order valence-electron chi connectivity index (χ2n) is 5.53. The van der Waals surface area contributed by atoms with E-state index in [1.54, 1.807) is 0 Å². The quantitative estimate of drug-likeness (QED) is 0.912. The maximum Gasteiger partial charge on any atom is 0.0747 e. The van der Waals surface area contributed by atoms with E-state index in [0.717, 1.165) is 53.7 Å². The Balaban J connectivity index is 1.74. The van der Waals surface area contributed by atoms with Crippen LogP contribution in [0.5, 0.6) is 0 Å². The lowest BCUT2D eigenvalue weighted by Crippen LogP contribution is -2.34. The van der Waals surface area contributed by atoms with Gasteiger partial charge in [-0.15, -0.1) is 0 Å². The number of nitrogens with one attached hydrogen (secondary N) is 1. The maximum absolute atomic E-state index is 9.53. The molecule has 2 N–H and O–H groups in total. The van der Waals surface area contributed by atoms with Crippen molar-refractivity contribution in [3.05, 3.63) is 41.0 Å². The molecular weight excluding hydrogens is 272 g/mol. The van der Waals surface area contributed by atoms with Crippen LogP contribution in [0.2, 0.25) is 5.02 Å². The molecule has 1 saturated carbocycles. The van der Waals surface area contributed by atoms with Gasteiger partial charge in [0.25, 0.3) is 0 Å². The lowest BCUT2D eigenvalue weighted by atomic mass is 9.93. The van der Waals surface area contributed by atoms with Gasteiger partial charge in [-0.1, -0.05) is 17.7 Å². The van der Waals surface area contributed by atoms with Gasteiger partial charge >= 0.3 is 0 Å². The minimum absolute atomic E-state index is 0.110. The molecule has 2 aromatic rings. The van der Waals surface area contributed by atoms with E-state index >= 15 is 0 Å². The Labute approximate surface area is 124 Å². The van der Waals surface area contributed by atoms with Crippen LogP contribution in [0.4, 0.5) is 0 Å². The molecular formula is C16H19ClN2O. The average molecular weight is 291 g/mol. The van der Waals surface area contributed by atoms with Crippen LogP contribution in [-0.4, -0.2) is 22.2 Å². The number of hydrogen-bond acceptors (Lipinski definition) is 3. The number of fused-ring (bicyclic) bond motifs is 1. The third-order valence-electron chi connectivity index (χ3n) is 4.03. The molecule has 0 aliphatic heterocycles. The van der Waals surface area contributed by atoms with Crippen LogP contribution in [0.25, 0.3) is 10.9 Å². The highest BCUT2D eigenvalue weighted by molar-refractivity contribution is 6.31. The number of benzene rings is 1. The Hall–Kier alpha value is -1.16. The fraction of sp³-hybridized carbons (Fsp3) is 0.438. The average Bonchev–Trinajstić information content (AvgIpc) is 2.46. The molecule has 0 atom stereocenters. The molecule has 0 bridgehead atoms. The molecule has 0 unspecified atom stereocenters. The maximum atomic E-state index is 9.53. The van der Waals surface area contributed by atoms with Crippen molar-refractivity contribution in [2.75, 3.05) is 0 Å². The molecule has 0 amide bonds. The highest BCUT2D eigenvalue weighted by Gasteiger charge is 2.19. The van der Waals surface area contributed by atoms with E-state index in [-0.39, 0.29) is 6.10 Å². The summed E-state index contributed by atoms with van der Waals surface area (Å²) in [4.78, 5) is 4.46. The molecule has 1 heterocycles. The van der Waals surface area contributed by atoms with Crippen molar-refractivity contribution in [2.45, 2.75) is 44.4 Å². The smallest absolute Gasteiger partial charge is 0.0747 e. The van der Waals surface area contributed by atoms with Crippen molar-refractivity contribution < 1.29 is 5.11 Å². The zero-order chi connectivity index (χ0) is 13.9. The predicted molar refractivity (Wildman–Crippen MR) is 81.9 cm³/mol. The fourth-order valence-corrected chi connectivity index (χ4v) is 3.15. The van der Waals surface area contributed by atoms with E-state index in [1.165, 1.54) is 0 Å². The van der Waals surface area contributed by atoms with Gasteiger partial charge in [0.2, 0.25) is 0 Å². The van der Waals surface area contributed by atoms with Gasteiger partial charge in [0.1, 0.15) is 0 Å². The Kier molecular flexibility index (Phi) is 4.20. The first-order chi connectivity index (χ1) is 9.72. The summed E-state index contributed by atoms with van der Waals surface area (Å²) in [6.07, 6.45) is 5.57. The van der Waals surface area contributed by atoms with Crippen molar-refractivity contribution in [2.24, 2.45) is 0 Å². The van der Waals surface area contributed by atoms with Gasteiger partial charge in [-0.25, -0.2) is 0 Å². The summed E-state index contributed by atoms with van der Waals surface area (Å²) in [5.74, 6) is 0. The molecule has 1 aromatic heterocycles.